The Bertz CT molecular complexity index is 679. The molecule has 7 nitrogen and oxygen atoms in total. The first-order valence-corrected chi connectivity index (χ1v) is 10.4. The van der Waals surface area contributed by atoms with Crippen molar-refractivity contribution in [2.75, 3.05) is 51.8 Å². The molecule has 0 aromatic heterocycles. The number of morpholine rings is 1. The van der Waals surface area contributed by atoms with Crippen molar-refractivity contribution in [3.63, 3.8) is 0 Å². The summed E-state index contributed by atoms with van der Waals surface area (Å²) < 4.78 is 5.47. The average molecular weight is 515 g/mol. The summed E-state index contributed by atoms with van der Waals surface area (Å²) in [5, 5.41) is 6.44. The SMILES string of the molecule is CCCC(=O)Nc1cccc(CNC(=NC)N2CCC(N3CCOCC3)C2)c1.I. The van der Waals surface area contributed by atoms with Crippen molar-refractivity contribution in [1.82, 2.24) is 15.1 Å². The van der Waals surface area contributed by atoms with Crippen LogP contribution in [0.4, 0.5) is 5.69 Å². The van der Waals surface area contributed by atoms with Crippen molar-refractivity contribution >= 4 is 41.5 Å². The number of carbonyl (C=O) groups is 1. The van der Waals surface area contributed by atoms with E-state index >= 15 is 0 Å². The summed E-state index contributed by atoms with van der Waals surface area (Å²) in [6, 6.07) is 8.58. The number of nitrogens with one attached hydrogen (secondary N) is 2. The number of likely N-dealkylation sites (tertiary alicyclic amines) is 1. The molecule has 1 unspecified atom stereocenters. The van der Waals surface area contributed by atoms with E-state index in [9.17, 15) is 4.79 Å². The Hall–Kier alpha value is -1.39. The third-order valence-corrected chi connectivity index (χ3v) is 5.38. The first-order chi connectivity index (χ1) is 13.7. The second kappa shape index (κ2) is 12.3. The molecule has 1 atom stereocenters. The minimum atomic E-state index is 0. The molecule has 0 spiro atoms. The average Bonchev–Trinajstić information content (AvgIpc) is 3.20. The van der Waals surface area contributed by atoms with Crippen LogP contribution < -0.4 is 10.6 Å². The van der Waals surface area contributed by atoms with Crippen LogP contribution in [-0.4, -0.2) is 74.1 Å². The second-order valence-corrected chi connectivity index (χ2v) is 7.44. The highest BCUT2D eigenvalue weighted by Crippen LogP contribution is 2.17. The Kier molecular flexibility index (Phi) is 10.2. The van der Waals surface area contributed by atoms with Gasteiger partial charge in [0.25, 0.3) is 0 Å². The lowest BCUT2D eigenvalue weighted by atomic mass is 10.2. The number of ether oxygens (including phenoxy) is 1. The normalized spacial score (nSPS) is 20.3. The summed E-state index contributed by atoms with van der Waals surface area (Å²) >= 11 is 0. The summed E-state index contributed by atoms with van der Waals surface area (Å²) in [5.74, 6) is 1.01. The van der Waals surface area contributed by atoms with E-state index in [2.05, 4.69) is 31.5 Å². The largest absolute Gasteiger partial charge is 0.379 e. The number of hydrogen-bond donors (Lipinski definition) is 2. The van der Waals surface area contributed by atoms with Crippen LogP contribution >= 0.6 is 24.0 Å². The smallest absolute Gasteiger partial charge is 0.224 e. The fourth-order valence-corrected chi connectivity index (χ4v) is 3.90. The Labute approximate surface area is 191 Å². The van der Waals surface area contributed by atoms with Gasteiger partial charge in [0.15, 0.2) is 5.96 Å². The van der Waals surface area contributed by atoms with Gasteiger partial charge in [0.05, 0.1) is 13.2 Å². The molecule has 8 heteroatoms. The van der Waals surface area contributed by atoms with E-state index in [1.165, 1.54) is 6.42 Å². The lowest BCUT2D eigenvalue weighted by Gasteiger charge is -2.32. The fourth-order valence-electron chi connectivity index (χ4n) is 3.90. The molecule has 1 aromatic rings. The van der Waals surface area contributed by atoms with Crippen LogP contribution in [0.15, 0.2) is 29.3 Å². The molecule has 0 bridgehead atoms. The number of benzene rings is 1. The van der Waals surface area contributed by atoms with E-state index in [1.54, 1.807) is 0 Å². The maximum absolute atomic E-state index is 11.8. The second-order valence-electron chi connectivity index (χ2n) is 7.44. The molecule has 0 radical (unpaired) electrons. The number of hydrogen-bond acceptors (Lipinski definition) is 4. The van der Waals surface area contributed by atoms with Gasteiger partial charge in [-0.3, -0.25) is 14.7 Å². The van der Waals surface area contributed by atoms with E-state index in [1.807, 2.05) is 32.2 Å². The van der Waals surface area contributed by atoms with Crippen LogP contribution in [-0.2, 0) is 16.1 Å². The molecule has 1 aromatic carbocycles. The van der Waals surface area contributed by atoms with Crippen molar-refractivity contribution in [2.45, 2.75) is 38.8 Å². The van der Waals surface area contributed by atoms with Crippen LogP contribution in [0.5, 0.6) is 0 Å². The van der Waals surface area contributed by atoms with Gasteiger partial charge in [-0.1, -0.05) is 19.1 Å². The molecule has 2 aliphatic rings. The number of guanidine groups is 1. The molecule has 3 rings (SSSR count). The molecular formula is C21H34IN5O2. The van der Waals surface area contributed by atoms with Gasteiger partial charge in [-0.05, 0) is 30.5 Å². The van der Waals surface area contributed by atoms with Gasteiger partial charge < -0.3 is 20.3 Å². The van der Waals surface area contributed by atoms with Gasteiger partial charge >= 0.3 is 0 Å². The zero-order valence-corrected chi connectivity index (χ0v) is 19.9. The molecule has 2 aliphatic heterocycles. The molecule has 162 valence electrons. The molecule has 2 fully saturated rings. The zero-order valence-electron chi connectivity index (χ0n) is 17.5. The lowest BCUT2D eigenvalue weighted by molar-refractivity contribution is -0.116. The molecule has 2 heterocycles. The van der Waals surface area contributed by atoms with Crippen LogP contribution in [0, 0.1) is 0 Å². The fraction of sp³-hybridized carbons (Fsp3) is 0.619. The van der Waals surface area contributed by atoms with Crippen LogP contribution in [0.3, 0.4) is 0 Å². The van der Waals surface area contributed by atoms with Crippen molar-refractivity contribution in [1.29, 1.82) is 0 Å². The lowest BCUT2D eigenvalue weighted by Crippen LogP contribution is -2.46. The highest BCUT2D eigenvalue weighted by molar-refractivity contribution is 14.0. The zero-order chi connectivity index (χ0) is 19.8. The van der Waals surface area contributed by atoms with E-state index in [0.29, 0.717) is 19.0 Å². The first-order valence-electron chi connectivity index (χ1n) is 10.4. The summed E-state index contributed by atoms with van der Waals surface area (Å²) in [7, 11) is 1.84. The standard InChI is InChI=1S/C21H33N5O2.HI/c1-3-5-20(27)24-18-7-4-6-17(14-18)15-23-21(22-2)26-9-8-19(16-26)25-10-12-28-13-11-25;/h4,6-7,14,19H,3,5,8-13,15-16H2,1-2H3,(H,22,23)(H,24,27);1H. The number of halogens is 1. The molecule has 2 saturated heterocycles. The summed E-state index contributed by atoms with van der Waals surface area (Å²) in [6.07, 6.45) is 2.57. The molecule has 29 heavy (non-hydrogen) atoms. The number of rotatable bonds is 6. The predicted molar refractivity (Wildman–Crippen MR) is 128 cm³/mol. The predicted octanol–water partition coefficient (Wildman–Crippen LogP) is 2.53. The molecule has 1 amide bonds. The Balaban J connectivity index is 0.00000300. The number of nitrogens with zero attached hydrogens (tertiary/aromatic N) is 3. The van der Waals surface area contributed by atoms with E-state index in [0.717, 1.165) is 63.0 Å². The summed E-state index contributed by atoms with van der Waals surface area (Å²) in [4.78, 5) is 21.2. The van der Waals surface area contributed by atoms with Gasteiger partial charge in [-0.25, -0.2) is 0 Å². The molecule has 2 N–H and O–H groups in total. The van der Waals surface area contributed by atoms with Crippen LogP contribution in [0.25, 0.3) is 0 Å². The van der Waals surface area contributed by atoms with Crippen LogP contribution in [0.1, 0.15) is 31.7 Å². The number of amides is 1. The quantitative estimate of drug-likeness (QED) is 0.346. The molecular weight excluding hydrogens is 481 g/mol. The highest BCUT2D eigenvalue weighted by atomic mass is 127. The van der Waals surface area contributed by atoms with E-state index in [4.69, 9.17) is 4.74 Å². The van der Waals surface area contributed by atoms with Crippen molar-refractivity contribution in [3.8, 4) is 0 Å². The van der Waals surface area contributed by atoms with E-state index < -0.39 is 0 Å². The van der Waals surface area contributed by atoms with Gasteiger partial charge in [-0.15, -0.1) is 24.0 Å². The maximum atomic E-state index is 11.8. The number of carbonyl (C=O) groups excluding carboxylic acids is 1. The van der Waals surface area contributed by atoms with Gasteiger partial charge in [0, 0.05) is 57.9 Å². The number of anilines is 1. The van der Waals surface area contributed by atoms with Crippen molar-refractivity contribution in [2.24, 2.45) is 4.99 Å². The summed E-state index contributed by atoms with van der Waals surface area (Å²) in [6.45, 7) is 8.46. The topological polar surface area (TPSA) is 69.2 Å². The van der Waals surface area contributed by atoms with Crippen molar-refractivity contribution in [3.05, 3.63) is 29.8 Å². The minimum absolute atomic E-state index is 0. The molecule has 0 saturated carbocycles. The van der Waals surface area contributed by atoms with Gasteiger partial charge in [-0.2, -0.15) is 0 Å². The van der Waals surface area contributed by atoms with Gasteiger partial charge in [0.2, 0.25) is 5.91 Å². The molecule has 0 aliphatic carbocycles. The Morgan fingerprint density at radius 2 is 2.07 bits per heavy atom. The Morgan fingerprint density at radius 1 is 1.28 bits per heavy atom. The first kappa shape index (κ1) is 23.9. The highest BCUT2D eigenvalue weighted by Gasteiger charge is 2.30. The minimum Gasteiger partial charge on any atom is -0.379 e. The monoisotopic (exact) mass is 515 g/mol. The maximum Gasteiger partial charge on any atom is 0.224 e. The number of aliphatic imine (C=N–C) groups is 1. The van der Waals surface area contributed by atoms with Crippen LogP contribution in [0.2, 0.25) is 0 Å². The van der Waals surface area contributed by atoms with Gasteiger partial charge in [0.1, 0.15) is 0 Å². The third kappa shape index (κ3) is 7.11. The Morgan fingerprint density at radius 3 is 2.79 bits per heavy atom. The summed E-state index contributed by atoms with van der Waals surface area (Å²) in [5.41, 5.74) is 1.97. The van der Waals surface area contributed by atoms with Crippen molar-refractivity contribution < 1.29 is 9.53 Å². The third-order valence-electron chi connectivity index (χ3n) is 5.38. The van der Waals surface area contributed by atoms with E-state index in [-0.39, 0.29) is 29.9 Å².